The number of carbonyl (C=O) groups is 3. The van der Waals surface area contributed by atoms with Gasteiger partial charge in [-0.25, -0.2) is 4.52 Å². The molecule has 1 aliphatic heterocycles. The van der Waals surface area contributed by atoms with E-state index in [1.807, 2.05) is 12.1 Å². The summed E-state index contributed by atoms with van der Waals surface area (Å²) in [5.74, 6) is 0.0877. The van der Waals surface area contributed by atoms with E-state index in [0.717, 1.165) is 5.56 Å². The Morgan fingerprint density at radius 2 is 1.74 bits per heavy atom. The lowest BCUT2D eigenvalue weighted by molar-refractivity contribution is -0.118. The van der Waals surface area contributed by atoms with Crippen LogP contribution in [0.15, 0.2) is 82.2 Å². The van der Waals surface area contributed by atoms with Crippen molar-refractivity contribution in [2.24, 2.45) is 0 Å². The van der Waals surface area contributed by atoms with Gasteiger partial charge in [0.2, 0.25) is 0 Å². The predicted octanol–water partition coefficient (Wildman–Crippen LogP) is 5.04. The van der Waals surface area contributed by atoms with Crippen LogP contribution >= 0.6 is 27.5 Å². The Kier molecular flexibility index (Phi) is 9.15. The van der Waals surface area contributed by atoms with E-state index in [9.17, 15) is 19.2 Å². The summed E-state index contributed by atoms with van der Waals surface area (Å²) in [7, 11) is 1.56. The zero-order valence-electron chi connectivity index (χ0n) is 25.5. The lowest BCUT2D eigenvalue weighted by atomic mass is 10.0. The SMILES string of the molecule is CNC(=O)c1ccc(-n2c(=O)c3c(n4ncc(NCc5ccc(OCC(C)=O)cc5)c24)CN(C(=O)c2ccc(Br)c(Cl)c2)CC3)cc1. The van der Waals surface area contributed by atoms with Crippen LogP contribution in [0.5, 0.6) is 5.75 Å². The Labute approximate surface area is 283 Å². The van der Waals surface area contributed by atoms with E-state index in [1.165, 1.54) is 6.92 Å². The maximum atomic E-state index is 14.3. The summed E-state index contributed by atoms with van der Waals surface area (Å²) in [6.45, 7) is 2.40. The molecule has 0 atom stereocenters. The van der Waals surface area contributed by atoms with Crippen molar-refractivity contribution >= 4 is 56.5 Å². The van der Waals surface area contributed by atoms with Crippen LogP contribution in [0.25, 0.3) is 11.3 Å². The second kappa shape index (κ2) is 13.4. The number of halogens is 2. The van der Waals surface area contributed by atoms with Crippen molar-refractivity contribution in [1.82, 2.24) is 24.4 Å². The predicted molar refractivity (Wildman–Crippen MR) is 182 cm³/mol. The van der Waals surface area contributed by atoms with Gasteiger partial charge in [-0.15, -0.1) is 0 Å². The lowest BCUT2D eigenvalue weighted by Gasteiger charge is -2.29. The van der Waals surface area contributed by atoms with E-state index < -0.39 is 0 Å². The molecule has 0 saturated heterocycles. The summed E-state index contributed by atoms with van der Waals surface area (Å²) in [6, 6.07) is 19.2. The third-order valence-electron chi connectivity index (χ3n) is 7.91. The van der Waals surface area contributed by atoms with Gasteiger partial charge in [-0.3, -0.25) is 23.7 Å². The number of rotatable bonds is 9. The van der Waals surface area contributed by atoms with Crippen LogP contribution in [0.4, 0.5) is 5.69 Å². The maximum absolute atomic E-state index is 14.3. The first-order valence-corrected chi connectivity index (χ1v) is 16.0. The van der Waals surface area contributed by atoms with Gasteiger partial charge in [-0.1, -0.05) is 23.7 Å². The van der Waals surface area contributed by atoms with Crippen LogP contribution in [0.2, 0.25) is 5.02 Å². The number of ketones is 1. The van der Waals surface area contributed by atoms with Crippen LogP contribution in [-0.4, -0.2) is 56.9 Å². The third-order valence-corrected chi connectivity index (χ3v) is 9.14. The van der Waals surface area contributed by atoms with Crippen molar-refractivity contribution in [1.29, 1.82) is 0 Å². The first-order chi connectivity index (χ1) is 22.6. The molecule has 1 aliphatic rings. The highest BCUT2D eigenvalue weighted by atomic mass is 79.9. The first-order valence-electron chi connectivity index (χ1n) is 14.8. The molecule has 11 nitrogen and oxygen atoms in total. The molecule has 3 aromatic carbocycles. The highest BCUT2D eigenvalue weighted by Gasteiger charge is 2.29. The Bertz CT molecular complexity index is 2070. The number of nitrogens with zero attached hydrogens (tertiary/aromatic N) is 4. The number of anilines is 1. The Hall–Kier alpha value is -4.94. The zero-order chi connectivity index (χ0) is 33.2. The lowest BCUT2D eigenvalue weighted by Crippen LogP contribution is -2.41. The van der Waals surface area contributed by atoms with Crippen LogP contribution < -0.4 is 20.9 Å². The number of carbonyl (C=O) groups excluding carboxylic acids is 3. The minimum atomic E-state index is -0.235. The van der Waals surface area contributed by atoms with Gasteiger partial charge in [0.15, 0.2) is 11.4 Å². The van der Waals surface area contributed by atoms with Crippen molar-refractivity contribution < 1.29 is 19.1 Å². The molecule has 47 heavy (non-hydrogen) atoms. The summed E-state index contributed by atoms with van der Waals surface area (Å²) in [6.07, 6.45) is 1.99. The van der Waals surface area contributed by atoms with E-state index in [-0.39, 0.29) is 36.3 Å². The second-order valence-corrected chi connectivity index (χ2v) is 12.3. The molecular formula is C34H30BrClN6O5. The van der Waals surface area contributed by atoms with Crippen molar-refractivity contribution in [3.63, 3.8) is 0 Å². The van der Waals surface area contributed by atoms with Crippen molar-refractivity contribution in [3.8, 4) is 11.4 Å². The Morgan fingerprint density at radius 1 is 1.02 bits per heavy atom. The molecule has 2 aromatic heterocycles. The standard InChI is InChI=1S/C34H30BrClN6O5/c1-20(43)19-47-25-10-3-21(4-11-25)16-38-29-17-39-42-30-18-40(33(45)23-7-12-27(35)28(36)15-23)14-13-26(30)34(46)41(32(29)42)24-8-5-22(6-9-24)31(44)37-2/h3-12,15,17,38H,13-14,16,18-19H2,1-2H3,(H,37,44). The molecule has 3 heterocycles. The molecule has 0 radical (unpaired) electrons. The Morgan fingerprint density at radius 3 is 2.43 bits per heavy atom. The molecule has 2 amide bonds. The highest BCUT2D eigenvalue weighted by molar-refractivity contribution is 9.10. The van der Waals surface area contributed by atoms with Gasteiger partial charge >= 0.3 is 0 Å². The summed E-state index contributed by atoms with van der Waals surface area (Å²) < 4.78 is 9.46. The van der Waals surface area contributed by atoms with Gasteiger partial charge < -0.3 is 20.3 Å². The van der Waals surface area contributed by atoms with E-state index in [0.29, 0.717) is 74.2 Å². The zero-order valence-corrected chi connectivity index (χ0v) is 27.9. The van der Waals surface area contributed by atoms with E-state index >= 15 is 0 Å². The molecule has 13 heteroatoms. The molecule has 0 bridgehead atoms. The van der Waals surface area contributed by atoms with E-state index in [4.69, 9.17) is 21.4 Å². The quantitative estimate of drug-likeness (QED) is 0.219. The molecule has 0 unspecified atom stereocenters. The second-order valence-electron chi connectivity index (χ2n) is 11.1. The van der Waals surface area contributed by atoms with Crippen molar-refractivity contribution in [2.45, 2.75) is 26.4 Å². The number of fused-ring (bicyclic) bond motifs is 3. The minimum Gasteiger partial charge on any atom is -0.486 e. The Balaban J connectivity index is 1.38. The molecule has 6 rings (SSSR count). The largest absolute Gasteiger partial charge is 0.486 e. The molecule has 2 N–H and O–H groups in total. The number of nitrogens with one attached hydrogen (secondary N) is 2. The van der Waals surface area contributed by atoms with Crippen LogP contribution in [0.1, 0.15) is 44.5 Å². The number of amides is 2. The summed E-state index contributed by atoms with van der Waals surface area (Å²) in [5, 5.41) is 11.1. The van der Waals surface area contributed by atoms with Gasteiger partial charge in [0.1, 0.15) is 12.4 Å². The highest BCUT2D eigenvalue weighted by Crippen LogP contribution is 2.28. The van der Waals surface area contributed by atoms with E-state index in [1.54, 1.807) is 81.8 Å². The topological polar surface area (TPSA) is 127 Å². The third kappa shape index (κ3) is 6.51. The normalized spacial score (nSPS) is 12.5. The molecule has 240 valence electrons. The molecular weight excluding hydrogens is 688 g/mol. The number of hydrogen-bond donors (Lipinski definition) is 2. The van der Waals surface area contributed by atoms with Crippen LogP contribution in [0.3, 0.4) is 0 Å². The van der Waals surface area contributed by atoms with Crippen molar-refractivity contribution in [3.05, 3.63) is 121 Å². The number of benzene rings is 3. The maximum Gasteiger partial charge on any atom is 0.261 e. The monoisotopic (exact) mass is 716 g/mol. The number of Topliss-reactive ketones (excluding diaryl/α,β-unsaturated/α-hetero) is 1. The summed E-state index contributed by atoms with van der Waals surface area (Å²) in [5.41, 5.74) is 4.44. The van der Waals surface area contributed by atoms with E-state index in [2.05, 4.69) is 26.6 Å². The number of ether oxygens (including phenoxy) is 1. The molecule has 0 saturated carbocycles. The molecule has 5 aromatic rings. The molecule has 0 aliphatic carbocycles. The van der Waals surface area contributed by atoms with Crippen molar-refractivity contribution in [2.75, 3.05) is 25.5 Å². The van der Waals surface area contributed by atoms with Gasteiger partial charge in [0.25, 0.3) is 17.4 Å². The number of aromatic nitrogens is 3. The fraction of sp³-hybridized carbons (Fsp3) is 0.206. The number of hydrogen-bond acceptors (Lipinski definition) is 7. The first kappa shape index (κ1) is 32.0. The molecule has 0 spiro atoms. The fourth-order valence-corrected chi connectivity index (χ4v) is 5.93. The summed E-state index contributed by atoms with van der Waals surface area (Å²) in [4.78, 5) is 52.9. The van der Waals surface area contributed by atoms with Crippen LogP contribution in [-0.2, 0) is 24.3 Å². The fourth-order valence-electron chi connectivity index (χ4n) is 5.50. The smallest absolute Gasteiger partial charge is 0.261 e. The minimum absolute atomic E-state index is 0.00580. The average Bonchev–Trinajstić information content (AvgIpc) is 3.51. The molecule has 0 fully saturated rings. The van der Waals surface area contributed by atoms with Gasteiger partial charge in [-0.05, 0) is 89.4 Å². The summed E-state index contributed by atoms with van der Waals surface area (Å²) >= 11 is 9.64. The van der Waals surface area contributed by atoms with Gasteiger partial charge in [-0.2, -0.15) is 5.10 Å². The van der Waals surface area contributed by atoms with Crippen LogP contribution in [0, 0.1) is 0 Å². The van der Waals surface area contributed by atoms with Gasteiger partial charge in [0.05, 0.1) is 34.8 Å². The van der Waals surface area contributed by atoms with Gasteiger partial charge in [0, 0.05) is 41.3 Å². The average molecular weight is 718 g/mol.